The number of nitrogens with zero attached hydrogens (tertiary/aromatic N) is 5. The van der Waals surface area contributed by atoms with Gasteiger partial charge in [0.05, 0.1) is 36.9 Å². The smallest absolute Gasteiger partial charge is 0.254 e. The fourth-order valence-corrected chi connectivity index (χ4v) is 3.09. The lowest BCUT2D eigenvalue weighted by molar-refractivity contribution is -0.135. The van der Waals surface area contributed by atoms with Gasteiger partial charge in [0.15, 0.2) is 5.65 Å². The van der Waals surface area contributed by atoms with Crippen LogP contribution in [0.3, 0.4) is 0 Å². The van der Waals surface area contributed by atoms with Gasteiger partial charge in [0.25, 0.3) is 5.91 Å². The highest BCUT2D eigenvalue weighted by Gasteiger charge is 2.23. The highest BCUT2D eigenvalue weighted by atomic mass is 16.5. The number of rotatable bonds is 4. The van der Waals surface area contributed by atoms with Gasteiger partial charge in [-0.25, -0.2) is 9.67 Å². The van der Waals surface area contributed by atoms with E-state index in [2.05, 4.69) is 10.1 Å². The molecule has 3 rings (SSSR count). The molecule has 2 aromatic rings. The van der Waals surface area contributed by atoms with Crippen LogP contribution in [0.2, 0.25) is 0 Å². The van der Waals surface area contributed by atoms with Gasteiger partial charge in [-0.3, -0.25) is 9.59 Å². The van der Waals surface area contributed by atoms with Gasteiger partial charge in [0, 0.05) is 31.9 Å². The third-order valence-electron chi connectivity index (χ3n) is 4.50. The fourth-order valence-electron chi connectivity index (χ4n) is 3.09. The molecule has 0 saturated carbocycles. The van der Waals surface area contributed by atoms with Crippen molar-refractivity contribution in [2.45, 2.75) is 26.8 Å². The zero-order chi connectivity index (χ0) is 18.8. The van der Waals surface area contributed by atoms with Crippen LogP contribution in [0, 0.1) is 6.92 Å². The van der Waals surface area contributed by atoms with E-state index in [-0.39, 0.29) is 24.4 Å². The van der Waals surface area contributed by atoms with E-state index < -0.39 is 0 Å². The number of carbonyl (C=O) groups is 2. The number of hydrogen-bond donors (Lipinski definition) is 0. The summed E-state index contributed by atoms with van der Waals surface area (Å²) in [7, 11) is 1.65. The Morgan fingerprint density at radius 3 is 2.65 bits per heavy atom. The van der Waals surface area contributed by atoms with Gasteiger partial charge in [-0.2, -0.15) is 5.10 Å². The number of fused-ring (bicyclic) bond motifs is 1. The minimum absolute atomic E-state index is 0.0417. The molecule has 2 aromatic heterocycles. The van der Waals surface area contributed by atoms with Crippen LogP contribution in [0.4, 0.5) is 0 Å². The van der Waals surface area contributed by atoms with Crippen LogP contribution in [0.25, 0.3) is 11.0 Å². The molecule has 0 aliphatic carbocycles. The Morgan fingerprint density at radius 1 is 1.31 bits per heavy atom. The van der Waals surface area contributed by atoms with E-state index in [4.69, 9.17) is 4.74 Å². The second kappa shape index (κ2) is 7.41. The van der Waals surface area contributed by atoms with Crippen molar-refractivity contribution in [1.29, 1.82) is 0 Å². The molecular formula is C18H25N5O3. The summed E-state index contributed by atoms with van der Waals surface area (Å²) in [4.78, 5) is 33.1. The number of amides is 2. The molecule has 140 valence electrons. The number of carbonyl (C=O) groups excluding carboxylic acids is 2. The van der Waals surface area contributed by atoms with Gasteiger partial charge in [-0.15, -0.1) is 0 Å². The summed E-state index contributed by atoms with van der Waals surface area (Å²) >= 11 is 0. The molecule has 0 aromatic carbocycles. The van der Waals surface area contributed by atoms with Crippen molar-refractivity contribution in [3.63, 3.8) is 0 Å². The largest absolute Gasteiger partial charge is 0.378 e. The molecule has 1 aliphatic rings. The van der Waals surface area contributed by atoms with Crippen LogP contribution >= 0.6 is 0 Å². The van der Waals surface area contributed by atoms with Gasteiger partial charge < -0.3 is 14.5 Å². The Bertz CT molecular complexity index is 824. The number of hydrogen-bond acceptors (Lipinski definition) is 5. The van der Waals surface area contributed by atoms with Crippen LogP contribution < -0.4 is 0 Å². The number of ether oxygens (including phenoxy) is 1. The van der Waals surface area contributed by atoms with E-state index in [1.807, 2.05) is 20.8 Å². The zero-order valence-corrected chi connectivity index (χ0v) is 15.7. The molecule has 1 fully saturated rings. The first-order valence-electron chi connectivity index (χ1n) is 8.84. The van der Waals surface area contributed by atoms with Gasteiger partial charge in [0.2, 0.25) is 5.91 Å². The first kappa shape index (κ1) is 18.3. The van der Waals surface area contributed by atoms with Gasteiger partial charge in [-0.05, 0) is 26.8 Å². The maximum Gasteiger partial charge on any atom is 0.254 e. The van der Waals surface area contributed by atoms with E-state index in [0.717, 1.165) is 5.69 Å². The summed E-state index contributed by atoms with van der Waals surface area (Å²) in [5.41, 5.74) is 1.96. The van der Waals surface area contributed by atoms with Crippen molar-refractivity contribution in [3.05, 3.63) is 23.5 Å². The number of morpholine rings is 1. The first-order valence-corrected chi connectivity index (χ1v) is 8.84. The van der Waals surface area contributed by atoms with Crippen molar-refractivity contribution < 1.29 is 14.3 Å². The molecule has 0 atom stereocenters. The summed E-state index contributed by atoms with van der Waals surface area (Å²) in [5, 5.41) is 5.08. The minimum Gasteiger partial charge on any atom is -0.378 e. The Kier molecular flexibility index (Phi) is 5.22. The molecule has 0 bridgehead atoms. The minimum atomic E-state index is -0.203. The highest BCUT2D eigenvalue weighted by molar-refractivity contribution is 6.06. The molecule has 0 radical (unpaired) electrons. The normalized spacial score (nSPS) is 14.9. The van der Waals surface area contributed by atoms with E-state index in [9.17, 15) is 9.59 Å². The molecule has 0 spiro atoms. The fraction of sp³-hybridized carbons (Fsp3) is 0.556. The lowest BCUT2D eigenvalue weighted by atomic mass is 10.1. The van der Waals surface area contributed by atoms with Crippen molar-refractivity contribution in [3.8, 4) is 0 Å². The standard InChI is InChI=1S/C18H25N5O3/c1-12(2)23-17-15(10-19-23)14(9-13(3)20-17)18(25)21(4)11-16(24)22-5-7-26-8-6-22/h9-10,12H,5-8,11H2,1-4H3. The van der Waals surface area contributed by atoms with Crippen LogP contribution in [0.1, 0.15) is 35.9 Å². The number of pyridine rings is 1. The molecule has 8 nitrogen and oxygen atoms in total. The molecule has 26 heavy (non-hydrogen) atoms. The average molecular weight is 359 g/mol. The maximum atomic E-state index is 13.0. The Morgan fingerprint density at radius 2 is 2.00 bits per heavy atom. The predicted molar refractivity (Wildman–Crippen MR) is 97.0 cm³/mol. The molecule has 2 amide bonds. The number of aryl methyl sites for hydroxylation is 1. The van der Waals surface area contributed by atoms with Crippen molar-refractivity contribution in [2.24, 2.45) is 0 Å². The zero-order valence-electron chi connectivity index (χ0n) is 15.7. The van der Waals surface area contributed by atoms with Crippen LogP contribution in [-0.2, 0) is 9.53 Å². The maximum absolute atomic E-state index is 13.0. The summed E-state index contributed by atoms with van der Waals surface area (Å²) in [5.74, 6) is -0.269. The van der Waals surface area contributed by atoms with E-state index >= 15 is 0 Å². The second-order valence-electron chi connectivity index (χ2n) is 6.89. The molecule has 1 aliphatic heterocycles. The SMILES string of the molecule is Cc1cc(C(=O)N(C)CC(=O)N2CCOCC2)c2cnn(C(C)C)c2n1. The number of aromatic nitrogens is 3. The van der Waals surface area contributed by atoms with E-state index in [0.29, 0.717) is 42.9 Å². The molecular weight excluding hydrogens is 334 g/mol. The van der Waals surface area contributed by atoms with Crippen molar-refractivity contribution in [1.82, 2.24) is 24.6 Å². The summed E-state index contributed by atoms with van der Waals surface area (Å²) in [6, 6.07) is 1.90. The molecule has 8 heteroatoms. The monoisotopic (exact) mass is 359 g/mol. The van der Waals surface area contributed by atoms with E-state index in [1.54, 1.807) is 28.9 Å². The third kappa shape index (κ3) is 3.55. The van der Waals surface area contributed by atoms with Gasteiger partial charge in [0.1, 0.15) is 0 Å². The summed E-state index contributed by atoms with van der Waals surface area (Å²) in [6.45, 7) is 8.16. The molecule has 0 N–H and O–H groups in total. The topological polar surface area (TPSA) is 80.6 Å². The quantitative estimate of drug-likeness (QED) is 0.821. The van der Waals surface area contributed by atoms with Crippen molar-refractivity contribution >= 4 is 22.8 Å². The lowest BCUT2D eigenvalue weighted by Crippen LogP contribution is -2.46. The van der Waals surface area contributed by atoms with Crippen LogP contribution in [0.5, 0.6) is 0 Å². The Balaban J connectivity index is 1.83. The van der Waals surface area contributed by atoms with Crippen LogP contribution in [0.15, 0.2) is 12.3 Å². The second-order valence-corrected chi connectivity index (χ2v) is 6.89. The summed E-state index contributed by atoms with van der Waals surface area (Å²) in [6.07, 6.45) is 1.67. The van der Waals surface area contributed by atoms with Gasteiger partial charge in [-0.1, -0.05) is 0 Å². The highest BCUT2D eigenvalue weighted by Crippen LogP contribution is 2.22. The third-order valence-corrected chi connectivity index (χ3v) is 4.50. The molecule has 3 heterocycles. The summed E-state index contributed by atoms with van der Waals surface area (Å²) < 4.78 is 7.07. The molecule has 0 unspecified atom stereocenters. The number of likely N-dealkylation sites (N-methyl/N-ethyl adjacent to an activating group) is 1. The van der Waals surface area contributed by atoms with Gasteiger partial charge >= 0.3 is 0 Å². The van der Waals surface area contributed by atoms with Crippen LogP contribution in [-0.4, -0.2) is 76.3 Å². The van der Waals surface area contributed by atoms with E-state index in [1.165, 1.54) is 4.90 Å². The first-order chi connectivity index (χ1) is 12.4. The Labute approximate surface area is 152 Å². The predicted octanol–water partition coefficient (Wildman–Crippen LogP) is 1.25. The Hall–Kier alpha value is -2.48. The average Bonchev–Trinajstić information content (AvgIpc) is 3.04. The van der Waals surface area contributed by atoms with Crippen molar-refractivity contribution in [2.75, 3.05) is 39.9 Å². The molecule has 1 saturated heterocycles. The lowest BCUT2D eigenvalue weighted by Gasteiger charge is -2.28.